The largest absolute Gasteiger partial charge is 0.392 e. The van der Waals surface area contributed by atoms with Crippen LogP contribution in [0.1, 0.15) is 29.9 Å². The maximum atomic E-state index is 12.9. The van der Waals surface area contributed by atoms with Crippen molar-refractivity contribution in [2.45, 2.75) is 26.4 Å². The molecule has 1 atom stereocenters. The zero-order chi connectivity index (χ0) is 17.8. The van der Waals surface area contributed by atoms with E-state index in [2.05, 4.69) is 15.0 Å². The standard InChI is InChI=1S/C18H25N5O2/c1-3-16-15(12-20-23(16)17-6-4-5-7-19-17)18(25)22-10-8-21(9-11-22)13-14(2)24/h4-7,12,14,24H,3,8-11,13H2,1-2H3. The first-order valence-electron chi connectivity index (χ1n) is 8.78. The van der Waals surface area contributed by atoms with Crippen LogP contribution >= 0.6 is 0 Å². The van der Waals surface area contributed by atoms with E-state index >= 15 is 0 Å². The van der Waals surface area contributed by atoms with Gasteiger partial charge in [0.25, 0.3) is 5.91 Å². The second-order valence-corrected chi connectivity index (χ2v) is 6.40. The molecule has 2 aromatic heterocycles. The molecule has 1 amide bonds. The van der Waals surface area contributed by atoms with Crippen molar-refractivity contribution in [2.24, 2.45) is 0 Å². The number of aromatic nitrogens is 3. The fraction of sp³-hybridized carbons (Fsp3) is 0.500. The van der Waals surface area contributed by atoms with Crippen molar-refractivity contribution >= 4 is 5.91 Å². The summed E-state index contributed by atoms with van der Waals surface area (Å²) in [5, 5.41) is 13.9. The Morgan fingerprint density at radius 1 is 1.28 bits per heavy atom. The number of hydrogen-bond donors (Lipinski definition) is 1. The highest BCUT2D eigenvalue weighted by molar-refractivity contribution is 5.95. The lowest BCUT2D eigenvalue weighted by Gasteiger charge is -2.35. The van der Waals surface area contributed by atoms with Gasteiger partial charge in [0.15, 0.2) is 5.82 Å². The van der Waals surface area contributed by atoms with Gasteiger partial charge in [-0.3, -0.25) is 9.69 Å². The average molecular weight is 343 g/mol. The molecule has 134 valence electrons. The van der Waals surface area contributed by atoms with Gasteiger partial charge in [0.05, 0.1) is 23.6 Å². The summed E-state index contributed by atoms with van der Waals surface area (Å²) in [5.74, 6) is 0.746. The minimum atomic E-state index is -0.342. The van der Waals surface area contributed by atoms with Gasteiger partial charge in [0.1, 0.15) is 0 Å². The van der Waals surface area contributed by atoms with E-state index in [1.165, 1.54) is 0 Å². The molecule has 0 aromatic carbocycles. The van der Waals surface area contributed by atoms with Gasteiger partial charge in [-0.2, -0.15) is 5.10 Å². The molecule has 3 rings (SSSR count). The van der Waals surface area contributed by atoms with Crippen LogP contribution in [-0.2, 0) is 6.42 Å². The molecule has 0 radical (unpaired) electrons. The number of pyridine rings is 1. The van der Waals surface area contributed by atoms with Gasteiger partial charge in [-0.25, -0.2) is 9.67 Å². The van der Waals surface area contributed by atoms with Crippen molar-refractivity contribution in [3.63, 3.8) is 0 Å². The number of aliphatic hydroxyl groups is 1. The van der Waals surface area contributed by atoms with Crippen LogP contribution in [0.4, 0.5) is 0 Å². The van der Waals surface area contributed by atoms with Crippen molar-refractivity contribution in [1.82, 2.24) is 24.6 Å². The molecule has 0 bridgehead atoms. The molecule has 0 saturated carbocycles. The van der Waals surface area contributed by atoms with E-state index in [0.29, 0.717) is 31.6 Å². The van der Waals surface area contributed by atoms with Gasteiger partial charge in [-0.05, 0) is 25.5 Å². The maximum Gasteiger partial charge on any atom is 0.257 e. The summed E-state index contributed by atoms with van der Waals surface area (Å²) in [5.41, 5.74) is 1.53. The van der Waals surface area contributed by atoms with Gasteiger partial charge in [0.2, 0.25) is 0 Å². The van der Waals surface area contributed by atoms with Gasteiger partial charge >= 0.3 is 0 Å². The maximum absolute atomic E-state index is 12.9. The van der Waals surface area contributed by atoms with E-state index in [9.17, 15) is 9.90 Å². The fourth-order valence-electron chi connectivity index (χ4n) is 3.25. The summed E-state index contributed by atoms with van der Waals surface area (Å²) in [6.45, 7) is 7.37. The highest BCUT2D eigenvalue weighted by atomic mass is 16.3. The first-order chi connectivity index (χ1) is 12.1. The van der Waals surface area contributed by atoms with E-state index in [1.807, 2.05) is 30.0 Å². The third kappa shape index (κ3) is 3.88. The number of carbonyl (C=O) groups excluding carboxylic acids is 1. The summed E-state index contributed by atoms with van der Waals surface area (Å²) in [6.07, 6.45) is 3.74. The Balaban J connectivity index is 1.74. The summed E-state index contributed by atoms with van der Waals surface area (Å²) in [4.78, 5) is 21.3. The molecule has 25 heavy (non-hydrogen) atoms. The predicted molar refractivity (Wildman–Crippen MR) is 94.8 cm³/mol. The van der Waals surface area contributed by atoms with E-state index in [0.717, 1.165) is 24.6 Å². The summed E-state index contributed by atoms with van der Waals surface area (Å²) in [6, 6.07) is 5.65. The second-order valence-electron chi connectivity index (χ2n) is 6.40. The third-order valence-electron chi connectivity index (χ3n) is 4.48. The minimum Gasteiger partial charge on any atom is -0.392 e. The average Bonchev–Trinajstić information content (AvgIpc) is 3.06. The van der Waals surface area contributed by atoms with Crippen LogP contribution < -0.4 is 0 Å². The van der Waals surface area contributed by atoms with Crippen molar-refractivity contribution < 1.29 is 9.90 Å². The Kier molecular flexibility index (Phi) is 5.45. The van der Waals surface area contributed by atoms with E-state index in [4.69, 9.17) is 0 Å². The molecule has 1 unspecified atom stereocenters. The van der Waals surface area contributed by atoms with Gasteiger partial charge in [0, 0.05) is 38.9 Å². The summed E-state index contributed by atoms with van der Waals surface area (Å²) >= 11 is 0. The molecule has 0 spiro atoms. The topological polar surface area (TPSA) is 74.5 Å². The molecular weight excluding hydrogens is 318 g/mol. The monoisotopic (exact) mass is 343 g/mol. The first-order valence-corrected chi connectivity index (χ1v) is 8.78. The van der Waals surface area contributed by atoms with Crippen LogP contribution in [0.3, 0.4) is 0 Å². The number of amides is 1. The Morgan fingerprint density at radius 3 is 2.64 bits per heavy atom. The first kappa shape index (κ1) is 17.6. The molecule has 7 heteroatoms. The fourth-order valence-corrected chi connectivity index (χ4v) is 3.25. The lowest BCUT2D eigenvalue weighted by molar-refractivity contribution is 0.0553. The Labute approximate surface area is 147 Å². The molecule has 1 aliphatic rings. The SMILES string of the molecule is CCc1c(C(=O)N2CCN(CC(C)O)CC2)cnn1-c1ccccn1. The van der Waals surface area contributed by atoms with Crippen LogP contribution in [0.2, 0.25) is 0 Å². The minimum absolute atomic E-state index is 0.0238. The lowest BCUT2D eigenvalue weighted by Crippen LogP contribution is -2.50. The molecular formula is C18H25N5O2. The molecule has 7 nitrogen and oxygen atoms in total. The molecule has 1 N–H and O–H groups in total. The van der Waals surface area contributed by atoms with E-state index < -0.39 is 0 Å². The smallest absolute Gasteiger partial charge is 0.257 e. The van der Waals surface area contributed by atoms with Crippen molar-refractivity contribution in [2.75, 3.05) is 32.7 Å². The van der Waals surface area contributed by atoms with E-state index in [1.54, 1.807) is 24.0 Å². The number of piperazine rings is 1. The molecule has 0 aliphatic carbocycles. The van der Waals surface area contributed by atoms with Crippen molar-refractivity contribution in [1.29, 1.82) is 0 Å². The van der Waals surface area contributed by atoms with Crippen LogP contribution in [0, 0.1) is 0 Å². The molecule has 1 aliphatic heterocycles. The van der Waals surface area contributed by atoms with Crippen LogP contribution in [0.5, 0.6) is 0 Å². The summed E-state index contributed by atoms with van der Waals surface area (Å²) < 4.78 is 1.75. The molecule has 1 fully saturated rings. The normalized spacial score (nSPS) is 16.8. The predicted octanol–water partition coefficient (Wildman–Crippen LogP) is 0.968. The number of nitrogens with zero attached hydrogens (tertiary/aromatic N) is 5. The molecule has 3 heterocycles. The second kappa shape index (κ2) is 7.76. The zero-order valence-corrected chi connectivity index (χ0v) is 14.8. The van der Waals surface area contributed by atoms with Crippen LogP contribution in [-0.4, -0.2) is 74.4 Å². The quantitative estimate of drug-likeness (QED) is 0.876. The van der Waals surface area contributed by atoms with Crippen LogP contribution in [0.25, 0.3) is 5.82 Å². The van der Waals surface area contributed by atoms with Gasteiger partial charge < -0.3 is 10.0 Å². The number of hydrogen-bond acceptors (Lipinski definition) is 5. The Bertz CT molecular complexity index is 706. The molecule has 1 saturated heterocycles. The van der Waals surface area contributed by atoms with Crippen molar-refractivity contribution in [3.05, 3.63) is 41.9 Å². The van der Waals surface area contributed by atoms with Crippen LogP contribution in [0.15, 0.2) is 30.6 Å². The van der Waals surface area contributed by atoms with Gasteiger partial charge in [-0.15, -0.1) is 0 Å². The number of carbonyl (C=O) groups is 1. The Hall–Kier alpha value is -2.25. The van der Waals surface area contributed by atoms with Crippen molar-refractivity contribution in [3.8, 4) is 5.82 Å². The highest BCUT2D eigenvalue weighted by Crippen LogP contribution is 2.17. The van der Waals surface area contributed by atoms with E-state index in [-0.39, 0.29) is 12.0 Å². The third-order valence-corrected chi connectivity index (χ3v) is 4.48. The number of β-amino-alcohol motifs (C(OH)–C–C–N with tert-alkyl or cyclic N) is 1. The zero-order valence-electron chi connectivity index (χ0n) is 14.8. The Morgan fingerprint density at radius 2 is 2.04 bits per heavy atom. The number of aliphatic hydroxyl groups excluding tert-OH is 1. The summed E-state index contributed by atoms with van der Waals surface area (Å²) in [7, 11) is 0. The number of rotatable bonds is 5. The molecule has 2 aromatic rings. The lowest BCUT2D eigenvalue weighted by atomic mass is 10.1. The van der Waals surface area contributed by atoms with Gasteiger partial charge in [-0.1, -0.05) is 13.0 Å². The highest BCUT2D eigenvalue weighted by Gasteiger charge is 2.26.